The topological polar surface area (TPSA) is 149 Å². The highest BCUT2D eigenvalue weighted by atomic mass is 16.5. The Kier molecular flexibility index (Phi) is 11.6. The van der Waals surface area contributed by atoms with Gasteiger partial charge in [0, 0.05) is 11.3 Å². The summed E-state index contributed by atoms with van der Waals surface area (Å²) in [6, 6.07) is 7.50. The molecule has 0 spiro atoms. The Hall–Kier alpha value is -4.71. The summed E-state index contributed by atoms with van der Waals surface area (Å²) in [6.45, 7) is 9.82. The highest BCUT2D eigenvalue weighted by Gasteiger charge is 2.32. The first-order chi connectivity index (χ1) is 20.3. The number of benzene rings is 2. The van der Waals surface area contributed by atoms with Crippen molar-refractivity contribution in [2.24, 2.45) is 5.10 Å². The van der Waals surface area contributed by atoms with Crippen LogP contribution in [0, 0.1) is 0 Å². The lowest BCUT2D eigenvalue weighted by Gasteiger charge is -2.28. The van der Waals surface area contributed by atoms with E-state index in [-0.39, 0.29) is 12.2 Å². The van der Waals surface area contributed by atoms with E-state index < -0.39 is 24.3 Å². The molecule has 2 atom stereocenters. The van der Waals surface area contributed by atoms with E-state index in [1.165, 1.54) is 7.11 Å². The van der Waals surface area contributed by atoms with Gasteiger partial charge in [-0.2, -0.15) is 5.10 Å². The van der Waals surface area contributed by atoms with Crippen LogP contribution in [0.1, 0.15) is 43.5 Å². The quantitative estimate of drug-likeness (QED) is 0.0816. The molecule has 3 rings (SSSR count). The third kappa shape index (κ3) is 7.94. The van der Waals surface area contributed by atoms with Crippen molar-refractivity contribution in [1.82, 2.24) is 16.1 Å². The molecule has 0 aliphatic carbocycles. The van der Waals surface area contributed by atoms with Gasteiger partial charge in [-0.15, -0.1) is 6.58 Å². The SMILES string of the molecule is C=CCc1cc(/C=N\N[C@H](O)COc2ccc([C@H]3NC(=O)NC(C)=C3C(=O)OC)cc2OCC)cc(OC)c1OCC. The van der Waals surface area contributed by atoms with Gasteiger partial charge in [-0.05, 0) is 62.6 Å². The molecule has 0 fully saturated rings. The molecule has 226 valence electrons. The van der Waals surface area contributed by atoms with Gasteiger partial charge in [-0.1, -0.05) is 12.1 Å². The fraction of sp³-hybridized carbons (Fsp3) is 0.367. The predicted molar refractivity (Wildman–Crippen MR) is 157 cm³/mol. The van der Waals surface area contributed by atoms with Gasteiger partial charge in [0.05, 0.1) is 45.3 Å². The number of amides is 2. The second-order valence-electron chi connectivity index (χ2n) is 9.05. The van der Waals surface area contributed by atoms with Crippen LogP contribution in [0.4, 0.5) is 4.79 Å². The molecule has 1 aliphatic rings. The van der Waals surface area contributed by atoms with Gasteiger partial charge in [0.15, 0.2) is 29.2 Å². The van der Waals surface area contributed by atoms with Crippen molar-refractivity contribution in [1.29, 1.82) is 0 Å². The van der Waals surface area contributed by atoms with Gasteiger partial charge < -0.3 is 39.4 Å². The van der Waals surface area contributed by atoms with Crippen molar-refractivity contribution in [3.8, 4) is 23.0 Å². The molecule has 2 aromatic rings. The molecule has 0 unspecified atom stereocenters. The summed E-state index contributed by atoms with van der Waals surface area (Å²) in [5.74, 6) is 1.39. The number of allylic oxidation sites excluding steroid dienone is 2. The van der Waals surface area contributed by atoms with Crippen molar-refractivity contribution in [2.45, 2.75) is 39.5 Å². The Bertz CT molecular complexity index is 1340. The van der Waals surface area contributed by atoms with Gasteiger partial charge in [-0.25, -0.2) is 9.59 Å². The molecule has 0 aromatic heterocycles. The highest BCUT2D eigenvalue weighted by molar-refractivity contribution is 5.95. The predicted octanol–water partition coefficient (Wildman–Crippen LogP) is 3.34. The smallest absolute Gasteiger partial charge is 0.337 e. The third-order valence-electron chi connectivity index (χ3n) is 6.14. The fourth-order valence-corrected chi connectivity index (χ4v) is 4.34. The van der Waals surface area contributed by atoms with Crippen LogP contribution in [0.3, 0.4) is 0 Å². The van der Waals surface area contributed by atoms with E-state index in [0.29, 0.717) is 53.9 Å². The summed E-state index contributed by atoms with van der Waals surface area (Å²) in [7, 11) is 2.84. The molecule has 12 nitrogen and oxygen atoms in total. The maximum atomic E-state index is 12.4. The van der Waals surface area contributed by atoms with E-state index in [1.54, 1.807) is 50.6 Å². The van der Waals surface area contributed by atoms with Crippen molar-refractivity contribution in [3.63, 3.8) is 0 Å². The maximum absolute atomic E-state index is 12.4. The number of carbonyl (C=O) groups is 2. The van der Waals surface area contributed by atoms with Crippen LogP contribution in [0.2, 0.25) is 0 Å². The zero-order chi connectivity index (χ0) is 30.6. The second kappa shape index (κ2) is 15.3. The summed E-state index contributed by atoms with van der Waals surface area (Å²) >= 11 is 0. The fourth-order valence-electron chi connectivity index (χ4n) is 4.34. The van der Waals surface area contributed by atoms with Crippen LogP contribution in [0.15, 0.2) is 59.4 Å². The molecular formula is C30H38N4O8. The average Bonchev–Trinajstić information content (AvgIpc) is 2.97. The lowest BCUT2D eigenvalue weighted by atomic mass is 9.95. The van der Waals surface area contributed by atoms with Gasteiger partial charge in [-0.3, -0.25) is 5.43 Å². The van der Waals surface area contributed by atoms with E-state index in [0.717, 1.165) is 11.1 Å². The molecule has 0 radical (unpaired) electrons. The third-order valence-corrected chi connectivity index (χ3v) is 6.14. The van der Waals surface area contributed by atoms with Crippen molar-refractivity contribution in [2.75, 3.05) is 34.0 Å². The Morgan fingerprint density at radius 2 is 1.88 bits per heavy atom. The lowest BCUT2D eigenvalue weighted by Crippen LogP contribution is -2.45. The Morgan fingerprint density at radius 1 is 1.12 bits per heavy atom. The van der Waals surface area contributed by atoms with Crippen LogP contribution in [0.5, 0.6) is 23.0 Å². The number of esters is 1. The summed E-state index contributed by atoms with van der Waals surface area (Å²) in [6.07, 6.45) is 2.77. The first-order valence-corrected chi connectivity index (χ1v) is 13.4. The van der Waals surface area contributed by atoms with Gasteiger partial charge in [0.2, 0.25) is 0 Å². The number of hydrazone groups is 1. The number of aliphatic hydroxyl groups is 1. The van der Waals surface area contributed by atoms with Gasteiger partial charge >= 0.3 is 12.0 Å². The average molecular weight is 583 g/mol. The van der Waals surface area contributed by atoms with Crippen molar-refractivity contribution in [3.05, 3.63) is 70.9 Å². The number of aliphatic hydroxyl groups excluding tert-OH is 1. The molecule has 42 heavy (non-hydrogen) atoms. The maximum Gasteiger partial charge on any atom is 0.337 e. The van der Waals surface area contributed by atoms with Crippen molar-refractivity contribution >= 4 is 18.2 Å². The minimum absolute atomic E-state index is 0.151. The number of rotatable bonds is 15. The summed E-state index contributed by atoms with van der Waals surface area (Å²) in [4.78, 5) is 24.6. The van der Waals surface area contributed by atoms with Crippen LogP contribution in [-0.2, 0) is 16.0 Å². The normalized spacial score (nSPS) is 15.4. The second-order valence-corrected chi connectivity index (χ2v) is 9.05. The number of urea groups is 1. The number of methoxy groups -OCH3 is 2. The number of nitrogens with one attached hydrogen (secondary N) is 3. The number of carbonyl (C=O) groups excluding carboxylic acids is 2. The number of hydrogen-bond acceptors (Lipinski definition) is 10. The monoisotopic (exact) mass is 582 g/mol. The first-order valence-electron chi connectivity index (χ1n) is 13.4. The van der Waals surface area contributed by atoms with E-state index in [2.05, 4.69) is 27.7 Å². The standard InChI is InChI=1S/C30H38N4O8/c1-7-10-21-13-19(14-24(38-5)28(21)41-9-3)16-31-34-25(35)17-42-22-12-11-20(15-23(22)40-8-2)27-26(29(36)39-6)18(4)32-30(37)33-27/h7,11-16,25,27,34-35H,1,8-10,17H2,2-6H3,(H2,32,33,37)/b31-16-/t25-,27-/m1/s1. The van der Waals surface area contributed by atoms with Crippen LogP contribution in [0.25, 0.3) is 0 Å². The number of nitrogens with zero attached hydrogens (tertiary/aromatic N) is 1. The molecular weight excluding hydrogens is 544 g/mol. The summed E-state index contributed by atoms with van der Waals surface area (Å²) in [5.41, 5.74) is 5.52. The molecule has 12 heteroatoms. The molecule has 2 aromatic carbocycles. The summed E-state index contributed by atoms with van der Waals surface area (Å²) in [5, 5.41) is 19.9. The van der Waals surface area contributed by atoms with E-state index in [4.69, 9.17) is 23.7 Å². The van der Waals surface area contributed by atoms with Crippen molar-refractivity contribution < 1.29 is 38.4 Å². The first kappa shape index (κ1) is 31.8. The van der Waals surface area contributed by atoms with E-state index in [1.807, 2.05) is 19.9 Å². The van der Waals surface area contributed by atoms with Crippen LogP contribution in [-0.4, -0.2) is 63.6 Å². The van der Waals surface area contributed by atoms with Crippen LogP contribution < -0.4 is 35.0 Å². The zero-order valence-corrected chi connectivity index (χ0v) is 24.5. The molecule has 4 N–H and O–H groups in total. The minimum atomic E-state index is -1.15. The Balaban J connectivity index is 1.71. The number of ether oxygens (including phenoxy) is 5. The molecule has 0 saturated heterocycles. The molecule has 1 heterocycles. The Morgan fingerprint density at radius 3 is 2.55 bits per heavy atom. The molecule has 2 amide bonds. The molecule has 0 saturated carbocycles. The largest absolute Gasteiger partial charge is 0.493 e. The molecule has 0 bridgehead atoms. The van der Waals surface area contributed by atoms with E-state index >= 15 is 0 Å². The Labute approximate surface area is 245 Å². The zero-order valence-electron chi connectivity index (χ0n) is 24.5. The highest BCUT2D eigenvalue weighted by Crippen LogP contribution is 2.35. The minimum Gasteiger partial charge on any atom is -0.493 e. The molecule has 1 aliphatic heterocycles. The van der Waals surface area contributed by atoms with Crippen LogP contribution >= 0.6 is 0 Å². The van der Waals surface area contributed by atoms with E-state index in [9.17, 15) is 14.7 Å². The summed E-state index contributed by atoms with van der Waals surface area (Å²) < 4.78 is 27.7. The lowest BCUT2D eigenvalue weighted by molar-refractivity contribution is -0.136. The number of hydrogen-bond donors (Lipinski definition) is 4. The van der Waals surface area contributed by atoms with Gasteiger partial charge in [0.25, 0.3) is 0 Å². The van der Waals surface area contributed by atoms with Gasteiger partial charge in [0.1, 0.15) is 6.61 Å².